The summed E-state index contributed by atoms with van der Waals surface area (Å²) in [6.07, 6.45) is 5.06. The van der Waals surface area contributed by atoms with Crippen molar-refractivity contribution >= 4 is 5.97 Å². The molecule has 1 aromatic rings. The molecule has 1 saturated heterocycles. The van der Waals surface area contributed by atoms with Crippen LogP contribution in [0.4, 0.5) is 0 Å². The van der Waals surface area contributed by atoms with Gasteiger partial charge >= 0.3 is 5.97 Å². The van der Waals surface area contributed by atoms with Crippen molar-refractivity contribution in [2.24, 2.45) is 5.92 Å². The minimum Gasteiger partial charge on any atom is -0.481 e. The number of carboxylic acid groups (broad SMARTS) is 1. The van der Waals surface area contributed by atoms with Crippen LogP contribution < -0.4 is 0 Å². The molecule has 1 aliphatic rings. The Balaban J connectivity index is 1.72. The topological polar surface area (TPSA) is 79.5 Å². The summed E-state index contributed by atoms with van der Waals surface area (Å²) in [6.45, 7) is 4.80. The molecule has 2 rings (SSSR count). The third-order valence-corrected chi connectivity index (χ3v) is 3.81. The zero-order valence-corrected chi connectivity index (χ0v) is 12.0. The van der Waals surface area contributed by atoms with Crippen molar-refractivity contribution < 1.29 is 14.4 Å². The fraction of sp³-hybridized carbons (Fsp3) is 0.786. The molecule has 2 heterocycles. The van der Waals surface area contributed by atoms with Crippen molar-refractivity contribution in [2.45, 2.75) is 52.0 Å². The standard InChI is InChI=1S/C14H23N3O3/c1-2-3-13-15-12(16-20-13)10-17-8-6-11(7-9-17)4-5-14(18)19/h11H,2-10H2,1H3,(H,18,19). The summed E-state index contributed by atoms with van der Waals surface area (Å²) < 4.78 is 5.18. The highest BCUT2D eigenvalue weighted by Crippen LogP contribution is 2.22. The lowest BCUT2D eigenvalue weighted by Gasteiger charge is -2.30. The highest BCUT2D eigenvalue weighted by atomic mass is 16.5. The maximum atomic E-state index is 10.6. The quantitative estimate of drug-likeness (QED) is 0.824. The summed E-state index contributed by atoms with van der Waals surface area (Å²) in [7, 11) is 0. The minimum absolute atomic E-state index is 0.288. The first-order valence-corrected chi connectivity index (χ1v) is 7.43. The molecule has 0 aliphatic carbocycles. The van der Waals surface area contributed by atoms with Crippen molar-refractivity contribution in [3.63, 3.8) is 0 Å². The van der Waals surface area contributed by atoms with Gasteiger partial charge in [-0.3, -0.25) is 9.69 Å². The van der Waals surface area contributed by atoms with E-state index in [9.17, 15) is 4.79 Å². The molecular formula is C14H23N3O3. The third kappa shape index (κ3) is 4.59. The molecule has 1 fully saturated rings. The van der Waals surface area contributed by atoms with E-state index in [1.54, 1.807) is 0 Å². The summed E-state index contributed by atoms with van der Waals surface area (Å²) in [5, 5.41) is 12.7. The lowest BCUT2D eigenvalue weighted by molar-refractivity contribution is -0.137. The third-order valence-electron chi connectivity index (χ3n) is 3.81. The van der Waals surface area contributed by atoms with E-state index in [2.05, 4.69) is 22.0 Å². The molecule has 0 aromatic carbocycles. The van der Waals surface area contributed by atoms with E-state index in [0.717, 1.165) is 63.5 Å². The van der Waals surface area contributed by atoms with Gasteiger partial charge in [0, 0.05) is 12.8 Å². The molecule has 0 unspecified atom stereocenters. The van der Waals surface area contributed by atoms with Crippen LogP contribution in [0.2, 0.25) is 0 Å². The van der Waals surface area contributed by atoms with Crippen LogP contribution in [-0.2, 0) is 17.8 Å². The second kappa shape index (κ2) is 7.38. The Bertz CT molecular complexity index is 425. The van der Waals surface area contributed by atoms with Crippen LogP contribution in [0, 0.1) is 5.92 Å². The first-order chi connectivity index (χ1) is 9.67. The SMILES string of the molecule is CCCc1nc(CN2CCC(CCC(=O)O)CC2)no1. The first-order valence-electron chi connectivity index (χ1n) is 7.43. The van der Waals surface area contributed by atoms with Crippen LogP contribution in [0.1, 0.15) is 50.7 Å². The van der Waals surface area contributed by atoms with Gasteiger partial charge in [-0.2, -0.15) is 4.98 Å². The van der Waals surface area contributed by atoms with E-state index in [0.29, 0.717) is 5.92 Å². The Hall–Kier alpha value is -1.43. The minimum atomic E-state index is -0.692. The lowest BCUT2D eigenvalue weighted by Crippen LogP contribution is -2.33. The van der Waals surface area contributed by atoms with Gasteiger partial charge in [0.1, 0.15) is 0 Å². The molecule has 20 heavy (non-hydrogen) atoms. The molecule has 0 radical (unpaired) electrons. The van der Waals surface area contributed by atoms with E-state index in [1.165, 1.54) is 0 Å². The first kappa shape index (κ1) is 15.0. The number of likely N-dealkylation sites (tertiary alicyclic amines) is 1. The Kier molecular flexibility index (Phi) is 5.52. The molecule has 1 aliphatic heterocycles. The Morgan fingerprint density at radius 3 is 2.85 bits per heavy atom. The molecule has 1 aromatic heterocycles. The van der Waals surface area contributed by atoms with E-state index in [-0.39, 0.29) is 6.42 Å². The van der Waals surface area contributed by atoms with E-state index >= 15 is 0 Å². The fourth-order valence-corrected chi connectivity index (χ4v) is 2.63. The van der Waals surface area contributed by atoms with Crippen molar-refractivity contribution in [2.75, 3.05) is 13.1 Å². The summed E-state index contributed by atoms with van der Waals surface area (Å²) in [5.74, 6) is 1.34. The second-order valence-electron chi connectivity index (χ2n) is 5.51. The zero-order chi connectivity index (χ0) is 14.4. The maximum absolute atomic E-state index is 10.6. The van der Waals surface area contributed by atoms with Gasteiger partial charge in [-0.15, -0.1) is 0 Å². The lowest BCUT2D eigenvalue weighted by atomic mass is 9.92. The van der Waals surface area contributed by atoms with E-state index in [1.807, 2.05) is 0 Å². The zero-order valence-electron chi connectivity index (χ0n) is 12.0. The summed E-state index contributed by atoms with van der Waals surface area (Å²) in [5.41, 5.74) is 0. The average molecular weight is 281 g/mol. The number of carboxylic acids is 1. The van der Waals surface area contributed by atoms with Crippen LogP contribution in [-0.4, -0.2) is 39.2 Å². The number of nitrogens with zero attached hydrogens (tertiary/aromatic N) is 3. The summed E-state index contributed by atoms with van der Waals surface area (Å²) in [6, 6.07) is 0. The predicted octanol–water partition coefficient (Wildman–Crippen LogP) is 2.10. The molecule has 1 N–H and O–H groups in total. The predicted molar refractivity (Wildman–Crippen MR) is 73.2 cm³/mol. The van der Waals surface area contributed by atoms with Gasteiger partial charge in [0.15, 0.2) is 5.82 Å². The second-order valence-corrected chi connectivity index (χ2v) is 5.51. The number of rotatable bonds is 7. The monoisotopic (exact) mass is 281 g/mol. The normalized spacial score (nSPS) is 17.4. The van der Waals surface area contributed by atoms with Gasteiger partial charge in [0.25, 0.3) is 0 Å². The van der Waals surface area contributed by atoms with Crippen molar-refractivity contribution in [1.29, 1.82) is 0 Å². The van der Waals surface area contributed by atoms with E-state index in [4.69, 9.17) is 9.63 Å². The van der Waals surface area contributed by atoms with Gasteiger partial charge in [0.2, 0.25) is 5.89 Å². The highest BCUT2D eigenvalue weighted by molar-refractivity contribution is 5.66. The van der Waals surface area contributed by atoms with Crippen LogP contribution in [0.3, 0.4) is 0 Å². The molecule has 112 valence electrons. The van der Waals surface area contributed by atoms with Crippen molar-refractivity contribution in [3.8, 4) is 0 Å². The molecule has 0 spiro atoms. The maximum Gasteiger partial charge on any atom is 0.303 e. The van der Waals surface area contributed by atoms with Gasteiger partial charge in [-0.25, -0.2) is 0 Å². The van der Waals surface area contributed by atoms with Crippen LogP contribution in [0.15, 0.2) is 4.52 Å². The molecule has 6 heteroatoms. The molecular weight excluding hydrogens is 258 g/mol. The average Bonchev–Trinajstić information content (AvgIpc) is 2.86. The van der Waals surface area contributed by atoms with Crippen molar-refractivity contribution in [3.05, 3.63) is 11.7 Å². The Morgan fingerprint density at radius 1 is 1.45 bits per heavy atom. The Labute approximate surface area is 119 Å². The van der Waals surface area contributed by atoms with Gasteiger partial charge < -0.3 is 9.63 Å². The number of hydrogen-bond acceptors (Lipinski definition) is 5. The highest BCUT2D eigenvalue weighted by Gasteiger charge is 2.21. The van der Waals surface area contributed by atoms with Crippen molar-refractivity contribution in [1.82, 2.24) is 15.0 Å². The fourth-order valence-electron chi connectivity index (χ4n) is 2.63. The smallest absolute Gasteiger partial charge is 0.303 e. The van der Waals surface area contributed by atoms with Crippen LogP contribution in [0.5, 0.6) is 0 Å². The number of aryl methyl sites for hydroxylation is 1. The molecule has 0 bridgehead atoms. The van der Waals surface area contributed by atoms with E-state index < -0.39 is 5.97 Å². The number of hydrogen-bond donors (Lipinski definition) is 1. The van der Waals surface area contributed by atoms with Gasteiger partial charge in [-0.05, 0) is 44.7 Å². The summed E-state index contributed by atoms with van der Waals surface area (Å²) in [4.78, 5) is 17.3. The molecule has 6 nitrogen and oxygen atoms in total. The number of carbonyl (C=O) groups is 1. The molecule has 0 atom stereocenters. The molecule has 0 amide bonds. The largest absolute Gasteiger partial charge is 0.481 e. The molecule has 0 saturated carbocycles. The van der Waals surface area contributed by atoms with Crippen LogP contribution in [0.25, 0.3) is 0 Å². The number of aliphatic carboxylic acids is 1. The summed E-state index contributed by atoms with van der Waals surface area (Å²) >= 11 is 0. The van der Waals surface area contributed by atoms with Gasteiger partial charge in [-0.1, -0.05) is 12.1 Å². The number of piperidine rings is 1. The Morgan fingerprint density at radius 2 is 2.20 bits per heavy atom. The number of aromatic nitrogens is 2. The van der Waals surface area contributed by atoms with Gasteiger partial charge in [0.05, 0.1) is 6.54 Å². The van der Waals surface area contributed by atoms with Crippen LogP contribution >= 0.6 is 0 Å².